The van der Waals surface area contributed by atoms with E-state index in [1.165, 1.54) is 49.4 Å². The molecule has 0 saturated carbocycles. The summed E-state index contributed by atoms with van der Waals surface area (Å²) in [5.74, 6) is 0. The number of nitrogens with zero attached hydrogens (tertiary/aromatic N) is 1. The minimum absolute atomic E-state index is 1.08. The summed E-state index contributed by atoms with van der Waals surface area (Å²) in [7, 11) is 0. The second-order valence-corrected chi connectivity index (χ2v) is 9.15. The summed E-state index contributed by atoms with van der Waals surface area (Å²) >= 11 is 0. The van der Waals surface area contributed by atoms with Gasteiger partial charge in [-0.3, -0.25) is 0 Å². The van der Waals surface area contributed by atoms with Gasteiger partial charge in [0, 0.05) is 33.2 Å². The highest BCUT2D eigenvalue weighted by Crippen LogP contribution is 2.38. The lowest BCUT2D eigenvalue weighted by Gasteiger charge is -2.10. The van der Waals surface area contributed by atoms with Crippen LogP contribution in [0.4, 0.5) is 11.4 Å². The molecule has 1 heterocycles. The standard InChI is InChI=1S/C34H24N2/c1-3-9-24(10-4-1)25-15-18-27(19-16-25)35-28-20-22-33-32(23-28)31-21-17-26-11-7-8-14-30(26)34(31)36(33)29-12-5-2-6-13-29/h1-23,35H. The summed E-state index contributed by atoms with van der Waals surface area (Å²) in [5.41, 5.74) is 8.23. The topological polar surface area (TPSA) is 17.0 Å². The third kappa shape index (κ3) is 3.43. The van der Waals surface area contributed by atoms with Crippen LogP contribution in [0.2, 0.25) is 0 Å². The van der Waals surface area contributed by atoms with Crippen molar-refractivity contribution in [3.05, 3.63) is 140 Å². The number of nitrogens with one attached hydrogen (secondary N) is 1. The normalized spacial score (nSPS) is 11.3. The molecule has 7 rings (SSSR count). The molecule has 0 spiro atoms. The van der Waals surface area contributed by atoms with Crippen molar-refractivity contribution in [2.45, 2.75) is 0 Å². The number of benzene rings is 6. The van der Waals surface area contributed by atoms with Crippen LogP contribution in [0.3, 0.4) is 0 Å². The Morgan fingerprint density at radius 1 is 0.444 bits per heavy atom. The van der Waals surface area contributed by atoms with Crippen molar-refractivity contribution in [3.8, 4) is 16.8 Å². The molecule has 1 N–H and O–H groups in total. The van der Waals surface area contributed by atoms with Crippen LogP contribution in [0, 0.1) is 0 Å². The van der Waals surface area contributed by atoms with Crippen LogP contribution in [0.1, 0.15) is 0 Å². The fraction of sp³-hybridized carbons (Fsp3) is 0. The molecule has 36 heavy (non-hydrogen) atoms. The maximum Gasteiger partial charge on any atom is 0.0619 e. The van der Waals surface area contributed by atoms with Crippen molar-refractivity contribution >= 4 is 44.0 Å². The minimum atomic E-state index is 1.08. The van der Waals surface area contributed by atoms with Crippen LogP contribution in [-0.2, 0) is 0 Å². The van der Waals surface area contributed by atoms with Crippen LogP contribution < -0.4 is 5.32 Å². The third-order valence-electron chi connectivity index (χ3n) is 6.95. The van der Waals surface area contributed by atoms with Gasteiger partial charge in [0.2, 0.25) is 0 Å². The van der Waals surface area contributed by atoms with E-state index < -0.39 is 0 Å². The predicted molar refractivity (Wildman–Crippen MR) is 153 cm³/mol. The van der Waals surface area contributed by atoms with E-state index in [4.69, 9.17) is 0 Å². The maximum atomic E-state index is 3.62. The van der Waals surface area contributed by atoms with E-state index in [1.807, 2.05) is 6.07 Å². The lowest BCUT2D eigenvalue weighted by atomic mass is 10.1. The van der Waals surface area contributed by atoms with E-state index >= 15 is 0 Å². The van der Waals surface area contributed by atoms with E-state index in [0.717, 1.165) is 11.4 Å². The van der Waals surface area contributed by atoms with Gasteiger partial charge >= 0.3 is 0 Å². The number of hydrogen-bond acceptors (Lipinski definition) is 1. The summed E-state index contributed by atoms with van der Waals surface area (Å²) in [6, 6.07) is 49.6. The Morgan fingerprint density at radius 2 is 1.11 bits per heavy atom. The Hall–Kier alpha value is -4.82. The molecule has 0 bridgehead atoms. The second-order valence-electron chi connectivity index (χ2n) is 9.15. The van der Waals surface area contributed by atoms with Gasteiger partial charge in [-0.25, -0.2) is 0 Å². The van der Waals surface area contributed by atoms with Gasteiger partial charge in [0.05, 0.1) is 11.0 Å². The molecule has 0 aliphatic rings. The van der Waals surface area contributed by atoms with Crippen molar-refractivity contribution in [1.29, 1.82) is 0 Å². The molecular weight excluding hydrogens is 436 g/mol. The maximum absolute atomic E-state index is 3.62. The number of aromatic nitrogens is 1. The Labute approximate surface area is 210 Å². The zero-order valence-corrected chi connectivity index (χ0v) is 19.7. The molecule has 0 aliphatic heterocycles. The molecule has 0 saturated heterocycles. The van der Waals surface area contributed by atoms with Crippen LogP contribution in [0.25, 0.3) is 49.4 Å². The number of fused-ring (bicyclic) bond motifs is 5. The molecule has 6 aromatic carbocycles. The van der Waals surface area contributed by atoms with E-state index in [0.29, 0.717) is 0 Å². The van der Waals surface area contributed by atoms with E-state index in [9.17, 15) is 0 Å². The summed E-state index contributed by atoms with van der Waals surface area (Å²) in [5, 5.41) is 8.63. The molecule has 170 valence electrons. The van der Waals surface area contributed by atoms with Gasteiger partial charge in [-0.15, -0.1) is 0 Å². The first-order valence-corrected chi connectivity index (χ1v) is 12.3. The first-order valence-electron chi connectivity index (χ1n) is 12.3. The molecule has 0 fully saturated rings. The highest BCUT2D eigenvalue weighted by Gasteiger charge is 2.15. The molecule has 0 unspecified atom stereocenters. The SMILES string of the molecule is c1ccc(-c2ccc(Nc3ccc4c(c3)c3ccc5ccccc5c3n4-c3ccccc3)cc2)cc1. The van der Waals surface area contributed by atoms with Crippen molar-refractivity contribution in [1.82, 2.24) is 4.57 Å². The average molecular weight is 461 g/mol. The molecule has 0 aliphatic carbocycles. The van der Waals surface area contributed by atoms with Crippen LogP contribution >= 0.6 is 0 Å². The number of anilines is 2. The summed E-state index contributed by atoms with van der Waals surface area (Å²) < 4.78 is 2.39. The lowest BCUT2D eigenvalue weighted by molar-refractivity contribution is 1.19. The fourth-order valence-electron chi connectivity index (χ4n) is 5.25. The molecule has 7 aromatic rings. The van der Waals surface area contributed by atoms with Gasteiger partial charge in [-0.05, 0) is 59.0 Å². The van der Waals surface area contributed by atoms with Crippen molar-refractivity contribution < 1.29 is 0 Å². The van der Waals surface area contributed by atoms with Gasteiger partial charge in [0.25, 0.3) is 0 Å². The number of rotatable bonds is 4. The van der Waals surface area contributed by atoms with Gasteiger partial charge in [0.15, 0.2) is 0 Å². The average Bonchev–Trinajstić information content (AvgIpc) is 3.29. The Balaban J connectivity index is 1.36. The second kappa shape index (κ2) is 8.44. The quantitative estimate of drug-likeness (QED) is 0.277. The monoisotopic (exact) mass is 460 g/mol. The summed E-state index contributed by atoms with van der Waals surface area (Å²) in [6.45, 7) is 0. The van der Waals surface area contributed by atoms with Crippen LogP contribution in [0.15, 0.2) is 140 Å². The van der Waals surface area contributed by atoms with Crippen LogP contribution in [-0.4, -0.2) is 4.57 Å². The third-order valence-corrected chi connectivity index (χ3v) is 6.95. The van der Waals surface area contributed by atoms with Crippen molar-refractivity contribution in [3.63, 3.8) is 0 Å². The zero-order valence-electron chi connectivity index (χ0n) is 19.7. The molecule has 0 radical (unpaired) electrons. The zero-order chi connectivity index (χ0) is 23.9. The minimum Gasteiger partial charge on any atom is -0.356 e. The summed E-state index contributed by atoms with van der Waals surface area (Å²) in [6.07, 6.45) is 0. The first kappa shape index (κ1) is 20.5. The number of hydrogen-bond donors (Lipinski definition) is 1. The van der Waals surface area contributed by atoms with E-state index in [1.54, 1.807) is 0 Å². The van der Waals surface area contributed by atoms with Crippen molar-refractivity contribution in [2.24, 2.45) is 0 Å². The highest BCUT2D eigenvalue weighted by atomic mass is 15.0. The first-order chi connectivity index (χ1) is 17.8. The van der Waals surface area contributed by atoms with Gasteiger partial charge < -0.3 is 9.88 Å². The Bertz CT molecular complexity index is 1830. The predicted octanol–water partition coefficient (Wildman–Crippen LogP) is 9.35. The Kier molecular flexibility index (Phi) is 4.82. The summed E-state index contributed by atoms with van der Waals surface area (Å²) in [4.78, 5) is 0. The van der Waals surface area contributed by atoms with Gasteiger partial charge in [-0.1, -0.05) is 97.1 Å². The lowest BCUT2D eigenvalue weighted by Crippen LogP contribution is -1.94. The molecule has 1 aromatic heterocycles. The molecular formula is C34H24N2. The molecule has 2 nitrogen and oxygen atoms in total. The molecule has 0 amide bonds. The van der Waals surface area contributed by atoms with E-state index in [-0.39, 0.29) is 0 Å². The largest absolute Gasteiger partial charge is 0.356 e. The van der Waals surface area contributed by atoms with Gasteiger partial charge in [0.1, 0.15) is 0 Å². The fourth-order valence-corrected chi connectivity index (χ4v) is 5.25. The Morgan fingerprint density at radius 3 is 1.92 bits per heavy atom. The molecule has 2 heteroatoms. The molecule has 0 atom stereocenters. The highest BCUT2D eigenvalue weighted by molar-refractivity contribution is 6.19. The van der Waals surface area contributed by atoms with E-state index in [2.05, 4.69) is 143 Å². The number of para-hydroxylation sites is 1. The van der Waals surface area contributed by atoms with Crippen LogP contribution in [0.5, 0.6) is 0 Å². The van der Waals surface area contributed by atoms with Gasteiger partial charge in [-0.2, -0.15) is 0 Å². The van der Waals surface area contributed by atoms with Crippen molar-refractivity contribution in [2.75, 3.05) is 5.32 Å². The smallest absolute Gasteiger partial charge is 0.0619 e.